The Labute approximate surface area is 116 Å². The highest BCUT2D eigenvalue weighted by atomic mass is 19.2. The van der Waals surface area contributed by atoms with E-state index in [0.717, 1.165) is 17.2 Å². The monoisotopic (exact) mass is 279 g/mol. The maximum Gasteiger partial charge on any atom is 0.159 e. The highest BCUT2D eigenvalue weighted by Gasteiger charge is 2.09. The van der Waals surface area contributed by atoms with Crippen LogP contribution in [-0.4, -0.2) is 0 Å². The van der Waals surface area contributed by atoms with Gasteiger partial charge in [-0.25, -0.2) is 13.2 Å². The van der Waals surface area contributed by atoms with Gasteiger partial charge in [-0.2, -0.15) is 0 Å². The number of hydrogen-bond donors (Lipinski definition) is 1. The van der Waals surface area contributed by atoms with Crippen molar-refractivity contribution < 1.29 is 13.2 Å². The lowest BCUT2D eigenvalue weighted by Crippen LogP contribution is -2.19. The molecule has 20 heavy (non-hydrogen) atoms. The van der Waals surface area contributed by atoms with Gasteiger partial charge in [0.1, 0.15) is 5.82 Å². The molecule has 1 N–H and O–H groups in total. The molecule has 0 saturated carbocycles. The van der Waals surface area contributed by atoms with Crippen molar-refractivity contribution in [3.63, 3.8) is 0 Å². The Morgan fingerprint density at radius 3 is 2.45 bits per heavy atom. The van der Waals surface area contributed by atoms with Gasteiger partial charge in [0.05, 0.1) is 0 Å². The zero-order valence-corrected chi connectivity index (χ0v) is 11.4. The highest BCUT2D eigenvalue weighted by Crippen LogP contribution is 2.17. The molecular weight excluding hydrogens is 263 g/mol. The molecule has 0 aliphatic heterocycles. The predicted octanol–water partition coefficient (Wildman–Crippen LogP) is 4.26. The Bertz CT molecular complexity index is 611. The van der Waals surface area contributed by atoms with E-state index in [1.54, 1.807) is 6.07 Å². The lowest BCUT2D eigenvalue weighted by Gasteiger charge is -2.15. The van der Waals surface area contributed by atoms with E-state index in [1.807, 2.05) is 13.8 Å². The second kappa shape index (κ2) is 6.09. The molecule has 1 nitrogen and oxygen atoms in total. The van der Waals surface area contributed by atoms with Crippen LogP contribution in [0, 0.1) is 24.4 Å². The van der Waals surface area contributed by atoms with Crippen LogP contribution in [0.3, 0.4) is 0 Å². The third-order valence-electron chi connectivity index (χ3n) is 3.35. The zero-order valence-electron chi connectivity index (χ0n) is 11.4. The predicted molar refractivity (Wildman–Crippen MR) is 72.7 cm³/mol. The van der Waals surface area contributed by atoms with Gasteiger partial charge in [-0.15, -0.1) is 0 Å². The molecule has 0 aliphatic carbocycles. The molecule has 2 rings (SSSR count). The second-order valence-corrected chi connectivity index (χ2v) is 4.85. The Balaban J connectivity index is 2.06. The van der Waals surface area contributed by atoms with Gasteiger partial charge in [0.15, 0.2) is 11.6 Å². The first kappa shape index (κ1) is 14.6. The van der Waals surface area contributed by atoms with Crippen molar-refractivity contribution in [1.82, 2.24) is 5.32 Å². The van der Waals surface area contributed by atoms with Crippen LogP contribution >= 0.6 is 0 Å². The first-order valence-corrected chi connectivity index (χ1v) is 6.40. The number of aryl methyl sites for hydroxylation is 1. The van der Waals surface area contributed by atoms with Crippen LogP contribution < -0.4 is 5.32 Å². The quantitative estimate of drug-likeness (QED) is 0.881. The van der Waals surface area contributed by atoms with E-state index >= 15 is 0 Å². The Morgan fingerprint density at radius 1 is 1.00 bits per heavy atom. The van der Waals surface area contributed by atoms with Gasteiger partial charge >= 0.3 is 0 Å². The van der Waals surface area contributed by atoms with Crippen molar-refractivity contribution in [2.24, 2.45) is 0 Å². The number of nitrogens with one attached hydrogen (secondary N) is 1. The largest absolute Gasteiger partial charge is 0.306 e. The van der Waals surface area contributed by atoms with Crippen molar-refractivity contribution >= 4 is 0 Å². The molecule has 0 aliphatic rings. The van der Waals surface area contributed by atoms with Gasteiger partial charge in [-0.05, 0) is 54.8 Å². The molecule has 0 radical (unpaired) electrons. The van der Waals surface area contributed by atoms with Gasteiger partial charge in [0.25, 0.3) is 0 Å². The normalized spacial score (nSPS) is 12.4. The fourth-order valence-electron chi connectivity index (χ4n) is 1.99. The third kappa shape index (κ3) is 3.39. The van der Waals surface area contributed by atoms with Crippen molar-refractivity contribution in [3.05, 3.63) is 70.5 Å². The molecule has 0 aromatic heterocycles. The number of rotatable bonds is 4. The van der Waals surface area contributed by atoms with Gasteiger partial charge in [0.2, 0.25) is 0 Å². The van der Waals surface area contributed by atoms with Gasteiger partial charge < -0.3 is 5.32 Å². The van der Waals surface area contributed by atoms with Gasteiger partial charge in [0, 0.05) is 12.6 Å². The molecule has 106 valence electrons. The first-order valence-electron chi connectivity index (χ1n) is 6.40. The molecule has 2 aromatic carbocycles. The summed E-state index contributed by atoms with van der Waals surface area (Å²) in [7, 11) is 0. The van der Waals surface area contributed by atoms with Crippen LogP contribution in [0.2, 0.25) is 0 Å². The summed E-state index contributed by atoms with van der Waals surface area (Å²) < 4.78 is 39.2. The molecule has 0 bridgehead atoms. The first-order chi connectivity index (χ1) is 9.47. The molecular formula is C16H16F3N. The Morgan fingerprint density at radius 2 is 1.75 bits per heavy atom. The maximum absolute atomic E-state index is 13.2. The van der Waals surface area contributed by atoms with Crippen LogP contribution in [0.4, 0.5) is 13.2 Å². The summed E-state index contributed by atoms with van der Waals surface area (Å²) >= 11 is 0. The van der Waals surface area contributed by atoms with Crippen LogP contribution in [0.1, 0.15) is 29.7 Å². The van der Waals surface area contributed by atoms with E-state index in [2.05, 4.69) is 5.32 Å². The fraction of sp³-hybridized carbons (Fsp3) is 0.250. The lowest BCUT2D eigenvalue weighted by atomic mass is 10.1. The highest BCUT2D eigenvalue weighted by molar-refractivity contribution is 5.27. The maximum atomic E-state index is 13.2. The van der Waals surface area contributed by atoms with Gasteiger partial charge in [-0.1, -0.05) is 12.1 Å². The smallest absolute Gasteiger partial charge is 0.159 e. The molecule has 4 heteroatoms. The second-order valence-electron chi connectivity index (χ2n) is 4.85. The van der Waals surface area contributed by atoms with Crippen molar-refractivity contribution in [3.8, 4) is 0 Å². The molecule has 1 unspecified atom stereocenters. The number of halogens is 3. The summed E-state index contributed by atoms with van der Waals surface area (Å²) in [6, 6.07) is 8.26. The Hall–Kier alpha value is -1.81. The standard InChI is InChI=1S/C16H16F3N/c1-10-3-5-14(17)7-13(10)9-20-11(2)12-4-6-15(18)16(19)8-12/h3-8,11,20H,9H2,1-2H3. The summed E-state index contributed by atoms with van der Waals surface area (Å²) in [6.45, 7) is 4.21. The summed E-state index contributed by atoms with van der Waals surface area (Å²) in [5.41, 5.74) is 2.48. The molecule has 0 heterocycles. The number of benzene rings is 2. The van der Waals surface area contributed by atoms with E-state index in [4.69, 9.17) is 0 Å². The topological polar surface area (TPSA) is 12.0 Å². The van der Waals surface area contributed by atoms with E-state index in [0.29, 0.717) is 12.1 Å². The summed E-state index contributed by atoms with van der Waals surface area (Å²) in [5.74, 6) is -2.01. The molecule has 0 spiro atoms. The molecule has 0 saturated heterocycles. The fourth-order valence-corrected chi connectivity index (χ4v) is 1.99. The minimum atomic E-state index is -0.863. The average molecular weight is 279 g/mol. The van der Waals surface area contributed by atoms with E-state index in [1.165, 1.54) is 24.3 Å². The van der Waals surface area contributed by atoms with Crippen molar-refractivity contribution in [1.29, 1.82) is 0 Å². The summed E-state index contributed by atoms with van der Waals surface area (Å²) in [6.07, 6.45) is 0. The SMILES string of the molecule is Cc1ccc(F)cc1CNC(C)c1ccc(F)c(F)c1. The molecule has 0 amide bonds. The van der Waals surface area contributed by atoms with Crippen LogP contribution in [0.25, 0.3) is 0 Å². The molecule has 1 atom stereocenters. The van der Waals surface area contributed by atoms with Crippen LogP contribution in [-0.2, 0) is 6.54 Å². The molecule has 2 aromatic rings. The minimum absolute atomic E-state index is 0.159. The minimum Gasteiger partial charge on any atom is -0.306 e. The van der Waals surface area contributed by atoms with E-state index in [-0.39, 0.29) is 11.9 Å². The van der Waals surface area contributed by atoms with Crippen LogP contribution in [0.15, 0.2) is 36.4 Å². The van der Waals surface area contributed by atoms with Crippen molar-refractivity contribution in [2.45, 2.75) is 26.4 Å². The van der Waals surface area contributed by atoms with E-state index < -0.39 is 11.6 Å². The van der Waals surface area contributed by atoms with E-state index in [9.17, 15) is 13.2 Å². The van der Waals surface area contributed by atoms with Crippen LogP contribution in [0.5, 0.6) is 0 Å². The summed E-state index contributed by atoms with van der Waals surface area (Å²) in [5, 5.41) is 3.17. The number of hydrogen-bond acceptors (Lipinski definition) is 1. The molecule has 0 fully saturated rings. The zero-order chi connectivity index (χ0) is 14.7. The third-order valence-corrected chi connectivity index (χ3v) is 3.35. The summed E-state index contributed by atoms with van der Waals surface area (Å²) in [4.78, 5) is 0. The van der Waals surface area contributed by atoms with Crippen molar-refractivity contribution in [2.75, 3.05) is 0 Å². The average Bonchev–Trinajstić information content (AvgIpc) is 2.42. The Kier molecular flexibility index (Phi) is 4.45. The van der Waals surface area contributed by atoms with Gasteiger partial charge in [-0.3, -0.25) is 0 Å². The lowest BCUT2D eigenvalue weighted by molar-refractivity contribution is 0.500.